The number of likely N-dealkylation sites (tertiary alicyclic amines) is 1. The first-order chi connectivity index (χ1) is 6.66. The van der Waals surface area contributed by atoms with Gasteiger partial charge in [0.2, 0.25) is 0 Å². The largest absolute Gasteiger partial charge is 0.380 e. The Balaban J connectivity index is 1.97. The second-order valence-corrected chi connectivity index (χ2v) is 5.08. The number of nitrogens with zero attached hydrogens (tertiary/aromatic N) is 1. The van der Waals surface area contributed by atoms with Crippen LogP contribution >= 0.6 is 11.3 Å². The molecule has 0 saturated carbocycles. The molecule has 1 aliphatic heterocycles. The van der Waals surface area contributed by atoms with Gasteiger partial charge in [0.25, 0.3) is 0 Å². The molecule has 2 unspecified atom stereocenters. The molecule has 0 aromatic carbocycles. The predicted octanol–water partition coefficient (Wildman–Crippen LogP) is 2.56. The fraction of sp³-hybridized carbons (Fsp3) is 0.636. The number of hydrogen-bond acceptors (Lipinski definition) is 3. The van der Waals surface area contributed by atoms with Gasteiger partial charge in [-0.3, -0.25) is 0 Å². The molecule has 14 heavy (non-hydrogen) atoms. The fourth-order valence-corrected chi connectivity index (χ4v) is 2.82. The van der Waals surface area contributed by atoms with Crippen LogP contribution in [0.5, 0.6) is 0 Å². The van der Waals surface area contributed by atoms with Crippen molar-refractivity contribution in [3.8, 4) is 0 Å². The monoisotopic (exact) mass is 210 g/mol. The maximum absolute atomic E-state index is 3.62. The minimum Gasteiger partial charge on any atom is -0.380 e. The van der Waals surface area contributed by atoms with Crippen molar-refractivity contribution >= 4 is 17.0 Å². The van der Waals surface area contributed by atoms with E-state index in [-0.39, 0.29) is 0 Å². The molecule has 1 aromatic heterocycles. The molecule has 1 aliphatic rings. The number of aryl methyl sites for hydroxylation is 1. The van der Waals surface area contributed by atoms with Crippen LogP contribution in [0.15, 0.2) is 10.8 Å². The third kappa shape index (κ3) is 1.93. The molecule has 0 aliphatic carbocycles. The molecule has 2 nitrogen and oxygen atoms in total. The Morgan fingerprint density at radius 1 is 1.50 bits per heavy atom. The van der Waals surface area contributed by atoms with Gasteiger partial charge >= 0.3 is 0 Å². The molecular formula is C11H18N2S. The summed E-state index contributed by atoms with van der Waals surface area (Å²) < 4.78 is 0. The zero-order valence-electron chi connectivity index (χ0n) is 9.08. The van der Waals surface area contributed by atoms with Crippen LogP contribution in [0.4, 0.5) is 5.69 Å². The normalized spacial score (nSPS) is 28.2. The predicted molar refractivity (Wildman–Crippen MR) is 63.2 cm³/mol. The number of anilines is 1. The van der Waals surface area contributed by atoms with Crippen molar-refractivity contribution in [1.82, 2.24) is 4.90 Å². The Kier molecular flexibility index (Phi) is 2.79. The first-order valence-electron chi connectivity index (χ1n) is 5.16. The lowest BCUT2D eigenvalue weighted by atomic mass is 10.2. The van der Waals surface area contributed by atoms with E-state index >= 15 is 0 Å². The van der Waals surface area contributed by atoms with E-state index in [1.807, 2.05) is 0 Å². The van der Waals surface area contributed by atoms with Crippen LogP contribution in [0, 0.1) is 6.92 Å². The molecular weight excluding hydrogens is 192 g/mol. The first-order valence-corrected chi connectivity index (χ1v) is 6.10. The number of thiophene rings is 1. The summed E-state index contributed by atoms with van der Waals surface area (Å²) in [6.07, 6.45) is 1.26. The lowest BCUT2D eigenvalue weighted by Gasteiger charge is -2.14. The van der Waals surface area contributed by atoms with Crippen molar-refractivity contribution in [1.29, 1.82) is 0 Å². The zero-order valence-corrected chi connectivity index (χ0v) is 9.90. The van der Waals surface area contributed by atoms with Gasteiger partial charge in [0.15, 0.2) is 0 Å². The van der Waals surface area contributed by atoms with Gasteiger partial charge in [0.05, 0.1) is 0 Å². The molecule has 2 rings (SSSR count). The summed E-state index contributed by atoms with van der Waals surface area (Å²) in [6.45, 7) is 5.62. The average Bonchev–Trinajstić information content (AvgIpc) is 2.63. The Morgan fingerprint density at radius 3 is 2.79 bits per heavy atom. The molecule has 2 atom stereocenters. The van der Waals surface area contributed by atoms with E-state index in [9.17, 15) is 0 Å². The summed E-state index contributed by atoms with van der Waals surface area (Å²) >= 11 is 1.78. The molecule has 1 N–H and O–H groups in total. The zero-order chi connectivity index (χ0) is 10.1. The fourth-order valence-electron chi connectivity index (χ4n) is 2.03. The molecule has 1 saturated heterocycles. The van der Waals surface area contributed by atoms with E-state index < -0.39 is 0 Å². The molecule has 1 aromatic rings. The summed E-state index contributed by atoms with van der Waals surface area (Å²) in [5, 5.41) is 8.02. The van der Waals surface area contributed by atoms with E-state index in [0.717, 1.165) is 6.54 Å². The topological polar surface area (TPSA) is 15.3 Å². The van der Waals surface area contributed by atoms with Gasteiger partial charge in [-0.25, -0.2) is 0 Å². The van der Waals surface area contributed by atoms with E-state index in [0.29, 0.717) is 12.1 Å². The standard InChI is InChI=1S/C11H18N2S/c1-8-6-14-7-11(8)12-10-4-9(2)13(3)5-10/h6-7,9-10,12H,4-5H2,1-3H3. The quantitative estimate of drug-likeness (QED) is 0.807. The molecule has 3 heteroatoms. The van der Waals surface area contributed by atoms with Crippen molar-refractivity contribution in [3.63, 3.8) is 0 Å². The summed E-state index contributed by atoms with van der Waals surface area (Å²) in [6, 6.07) is 1.34. The highest BCUT2D eigenvalue weighted by atomic mass is 32.1. The summed E-state index contributed by atoms with van der Waals surface area (Å²) in [7, 11) is 2.20. The second-order valence-electron chi connectivity index (χ2n) is 4.33. The van der Waals surface area contributed by atoms with Crippen LogP contribution in [-0.2, 0) is 0 Å². The first kappa shape index (κ1) is 9.99. The third-order valence-electron chi connectivity index (χ3n) is 3.10. The van der Waals surface area contributed by atoms with Gasteiger partial charge in [-0.1, -0.05) is 0 Å². The average molecular weight is 210 g/mol. The van der Waals surface area contributed by atoms with Gasteiger partial charge in [-0.05, 0) is 38.3 Å². The SMILES string of the molecule is Cc1cscc1NC1CC(C)N(C)C1. The summed E-state index contributed by atoms with van der Waals surface area (Å²) in [4.78, 5) is 2.42. The van der Waals surface area contributed by atoms with Crippen LogP contribution in [0.2, 0.25) is 0 Å². The third-order valence-corrected chi connectivity index (χ3v) is 3.96. The minimum atomic E-state index is 0.628. The van der Waals surface area contributed by atoms with Crippen molar-refractivity contribution < 1.29 is 0 Å². The van der Waals surface area contributed by atoms with Crippen LogP contribution in [0.1, 0.15) is 18.9 Å². The summed E-state index contributed by atoms with van der Waals surface area (Å²) in [5.41, 5.74) is 2.69. The van der Waals surface area contributed by atoms with Gasteiger partial charge < -0.3 is 10.2 Å². The van der Waals surface area contributed by atoms with Crippen molar-refractivity contribution in [3.05, 3.63) is 16.3 Å². The minimum absolute atomic E-state index is 0.628. The maximum atomic E-state index is 3.62. The van der Waals surface area contributed by atoms with Crippen molar-refractivity contribution in [2.24, 2.45) is 0 Å². The Morgan fingerprint density at radius 2 is 2.29 bits per heavy atom. The molecule has 1 fully saturated rings. The molecule has 0 amide bonds. The van der Waals surface area contributed by atoms with Crippen molar-refractivity contribution in [2.45, 2.75) is 32.4 Å². The number of nitrogens with one attached hydrogen (secondary N) is 1. The lowest BCUT2D eigenvalue weighted by molar-refractivity contribution is 0.330. The van der Waals surface area contributed by atoms with E-state index in [4.69, 9.17) is 0 Å². The highest BCUT2D eigenvalue weighted by Crippen LogP contribution is 2.24. The molecule has 78 valence electrons. The van der Waals surface area contributed by atoms with Gasteiger partial charge in [-0.2, -0.15) is 0 Å². The highest BCUT2D eigenvalue weighted by molar-refractivity contribution is 7.08. The smallest absolute Gasteiger partial charge is 0.0481 e. The molecule has 0 spiro atoms. The maximum Gasteiger partial charge on any atom is 0.0481 e. The number of likely N-dealkylation sites (N-methyl/N-ethyl adjacent to an activating group) is 1. The highest BCUT2D eigenvalue weighted by Gasteiger charge is 2.25. The molecule has 0 radical (unpaired) electrons. The van der Waals surface area contributed by atoms with Crippen LogP contribution in [0.25, 0.3) is 0 Å². The Labute approximate surface area is 89.9 Å². The lowest BCUT2D eigenvalue weighted by Crippen LogP contribution is -2.24. The molecule has 2 heterocycles. The van der Waals surface area contributed by atoms with Gasteiger partial charge in [0, 0.05) is 29.7 Å². The van der Waals surface area contributed by atoms with Gasteiger partial charge in [-0.15, -0.1) is 11.3 Å². The summed E-state index contributed by atoms with van der Waals surface area (Å²) in [5.74, 6) is 0. The Hall–Kier alpha value is -0.540. The number of hydrogen-bond donors (Lipinski definition) is 1. The molecule has 0 bridgehead atoms. The second kappa shape index (κ2) is 3.91. The Bertz CT molecular complexity index is 298. The van der Waals surface area contributed by atoms with Crippen LogP contribution < -0.4 is 5.32 Å². The van der Waals surface area contributed by atoms with Crippen molar-refractivity contribution in [2.75, 3.05) is 18.9 Å². The van der Waals surface area contributed by atoms with E-state index in [1.165, 1.54) is 17.7 Å². The van der Waals surface area contributed by atoms with Crippen LogP contribution in [0.3, 0.4) is 0 Å². The van der Waals surface area contributed by atoms with Gasteiger partial charge in [0.1, 0.15) is 0 Å². The van der Waals surface area contributed by atoms with Crippen LogP contribution in [-0.4, -0.2) is 30.6 Å². The number of rotatable bonds is 2. The van der Waals surface area contributed by atoms with E-state index in [1.54, 1.807) is 11.3 Å². The van der Waals surface area contributed by atoms with E-state index in [2.05, 4.69) is 41.9 Å².